The van der Waals surface area contributed by atoms with Gasteiger partial charge in [-0.15, -0.1) is 0 Å². The van der Waals surface area contributed by atoms with Crippen LogP contribution in [0.1, 0.15) is 20.3 Å². The molecule has 0 aromatic carbocycles. The molecule has 1 N–H and O–H groups in total. The zero-order valence-electron chi connectivity index (χ0n) is 8.53. The molecule has 0 radical (unpaired) electrons. The van der Waals surface area contributed by atoms with Gasteiger partial charge in [-0.1, -0.05) is 13.8 Å². The number of aromatic nitrogens is 2. The Morgan fingerprint density at radius 2 is 2.31 bits per heavy atom. The highest BCUT2D eigenvalue weighted by Gasteiger charge is 1.93. The Morgan fingerprint density at radius 3 is 2.92 bits per heavy atom. The molecule has 0 aliphatic rings. The van der Waals surface area contributed by atoms with Crippen molar-refractivity contribution in [1.82, 2.24) is 15.1 Å². The van der Waals surface area contributed by atoms with Gasteiger partial charge >= 0.3 is 0 Å². The average molecular weight is 181 g/mol. The molecule has 1 aromatic rings. The van der Waals surface area contributed by atoms with Gasteiger partial charge in [-0.25, -0.2) is 0 Å². The second kappa shape index (κ2) is 5.75. The van der Waals surface area contributed by atoms with Crippen LogP contribution in [-0.4, -0.2) is 22.9 Å². The molecule has 1 aromatic heterocycles. The van der Waals surface area contributed by atoms with E-state index < -0.39 is 0 Å². The van der Waals surface area contributed by atoms with Crippen LogP contribution in [-0.2, 0) is 6.54 Å². The lowest BCUT2D eigenvalue weighted by Gasteiger charge is -2.06. The summed E-state index contributed by atoms with van der Waals surface area (Å²) >= 11 is 0. The molecule has 1 rings (SSSR count). The number of nitrogens with zero attached hydrogens (tertiary/aromatic N) is 2. The van der Waals surface area contributed by atoms with Crippen molar-refractivity contribution in [3.63, 3.8) is 0 Å². The lowest BCUT2D eigenvalue weighted by molar-refractivity contribution is 0.506. The van der Waals surface area contributed by atoms with E-state index >= 15 is 0 Å². The van der Waals surface area contributed by atoms with Gasteiger partial charge in [0, 0.05) is 18.9 Å². The topological polar surface area (TPSA) is 29.9 Å². The molecule has 0 amide bonds. The minimum Gasteiger partial charge on any atom is -0.316 e. The van der Waals surface area contributed by atoms with E-state index in [1.807, 2.05) is 23.1 Å². The number of aryl methyl sites for hydroxylation is 1. The van der Waals surface area contributed by atoms with Gasteiger partial charge in [-0.05, 0) is 31.5 Å². The maximum Gasteiger partial charge on any atom is 0.0489 e. The van der Waals surface area contributed by atoms with Crippen molar-refractivity contribution in [2.45, 2.75) is 26.8 Å². The van der Waals surface area contributed by atoms with Gasteiger partial charge in [0.15, 0.2) is 0 Å². The summed E-state index contributed by atoms with van der Waals surface area (Å²) < 4.78 is 1.97. The minimum absolute atomic E-state index is 0.740. The van der Waals surface area contributed by atoms with E-state index in [2.05, 4.69) is 24.3 Å². The predicted molar refractivity (Wildman–Crippen MR) is 54.6 cm³/mol. The van der Waals surface area contributed by atoms with Crippen LogP contribution < -0.4 is 5.32 Å². The van der Waals surface area contributed by atoms with Crippen molar-refractivity contribution >= 4 is 0 Å². The van der Waals surface area contributed by atoms with Crippen LogP contribution >= 0.6 is 0 Å². The Morgan fingerprint density at radius 1 is 1.46 bits per heavy atom. The average Bonchev–Trinajstić information content (AvgIpc) is 2.55. The van der Waals surface area contributed by atoms with Crippen LogP contribution in [0.4, 0.5) is 0 Å². The summed E-state index contributed by atoms with van der Waals surface area (Å²) in [6, 6.07) is 1.96. The smallest absolute Gasteiger partial charge is 0.0489 e. The molecule has 0 unspecified atom stereocenters. The first-order valence-corrected chi connectivity index (χ1v) is 4.97. The monoisotopic (exact) mass is 181 g/mol. The summed E-state index contributed by atoms with van der Waals surface area (Å²) in [6.07, 6.45) is 4.97. The second-order valence-electron chi connectivity index (χ2n) is 3.72. The predicted octanol–water partition coefficient (Wildman–Crippen LogP) is 1.52. The van der Waals surface area contributed by atoms with Crippen LogP contribution in [0, 0.1) is 5.92 Å². The van der Waals surface area contributed by atoms with Crippen LogP contribution in [0.5, 0.6) is 0 Å². The van der Waals surface area contributed by atoms with Gasteiger partial charge in [-0.3, -0.25) is 4.68 Å². The highest BCUT2D eigenvalue weighted by Crippen LogP contribution is 1.90. The molecule has 0 aliphatic heterocycles. The van der Waals surface area contributed by atoms with Gasteiger partial charge in [0.25, 0.3) is 0 Å². The van der Waals surface area contributed by atoms with Crippen molar-refractivity contribution in [3.8, 4) is 0 Å². The zero-order valence-corrected chi connectivity index (χ0v) is 8.53. The van der Waals surface area contributed by atoms with E-state index in [1.54, 1.807) is 0 Å². The first-order chi connectivity index (χ1) is 6.29. The number of nitrogens with one attached hydrogen (secondary N) is 1. The lowest BCUT2D eigenvalue weighted by atomic mass is 10.2. The normalized spacial score (nSPS) is 11.0. The second-order valence-corrected chi connectivity index (χ2v) is 3.72. The van der Waals surface area contributed by atoms with Crippen LogP contribution in [0.2, 0.25) is 0 Å². The highest BCUT2D eigenvalue weighted by molar-refractivity contribution is 4.77. The third-order valence-electron chi connectivity index (χ3n) is 1.85. The Labute approximate surface area is 80.1 Å². The summed E-state index contributed by atoms with van der Waals surface area (Å²) in [5, 5.41) is 7.54. The maximum absolute atomic E-state index is 4.14. The van der Waals surface area contributed by atoms with Crippen molar-refractivity contribution < 1.29 is 0 Å². The van der Waals surface area contributed by atoms with Crippen LogP contribution in [0.15, 0.2) is 18.5 Å². The van der Waals surface area contributed by atoms with Crippen molar-refractivity contribution in [3.05, 3.63) is 18.5 Å². The fourth-order valence-electron chi connectivity index (χ4n) is 1.19. The molecule has 13 heavy (non-hydrogen) atoms. The van der Waals surface area contributed by atoms with Gasteiger partial charge in [0.2, 0.25) is 0 Å². The maximum atomic E-state index is 4.14. The molecule has 3 heteroatoms. The van der Waals surface area contributed by atoms with Crippen LogP contribution in [0.25, 0.3) is 0 Å². The summed E-state index contributed by atoms with van der Waals surface area (Å²) in [5.74, 6) is 0.740. The fraction of sp³-hybridized carbons (Fsp3) is 0.700. The fourth-order valence-corrected chi connectivity index (χ4v) is 1.19. The molecular weight excluding hydrogens is 162 g/mol. The molecule has 0 saturated heterocycles. The Balaban J connectivity index is 1.96. The molecular formula is C10H19N3. The first kappa shape index (κ1) is 10.3. The molecule has 74 valence electrons. The summed E-state index contributed by atoms with van der Waals surface area (Å²) in [7, 11) is 0. The van der Waals surface area contributed by atoms with E-state index in [4.69, 9.17) is 0 Å². The third-order valence-corrected chi connectivity index (χ3v) is 1.85. The number of hydrogen-bond donors (Lipinski definition) is 1. The van der Waals surface area contributed by atoms with Crippen molar-refractivity contribution in [1.29, 1.82) is 0 Å². The SMILES string of the molecule is CC(C)CNCCCn1cccn1. The largest absolute Gasteiger partial charge is 0.316 e. The standard InChI is InChI=1S/C10H19N3/c1-10(2)9-11-5-3-7-13-8-4-6-12-13/h4,6,8,10-11H,3,5,7,9H2,1-2H3. The summed E-state index contributed by atoms with van der Waals surface area (Å²) in [4.78, 5) is 0. The van der Waals surface area contributed by atoms with E-state index in [-0.39, 0.29) is 0 Å². The van der Waals surface area contributed by atoms with E-state index in [0.717, 1.165) is 32.0 Å². The van der Waals surface area contributed by atoms with Gasteiger partial charge in [0.05, 0.1) is 0 Å². The van der Waals surface area contributed by atoms with Crippen LogP contribution in [0.3, 0.4) is 0 Å². The Hall–Kier alpha value is -0.830. The lowest BCUT2D eigenvalue weighted by Crippen LogP contribution is -2.21. The quantitative estimate of drug-likeness (QED) is 0.674. The Bertz CT molecular complexity index is 204. The Kier molecular flexibility index (Phi) is 4.54. The van der Waals surface area contributed by atoms with Gasteiger partial charge in [-0.2, -0.15) is 5.10 Å². The molecule has 0 fully saturated rings. The molecule has 0 aliphatic carbocycles. The molecule has 0 bridgehead atoms. The minimum atomic E-state index is 0.740. The van der Waals surface area contributed by atoms with E-state index in [9.17, 15) is 0 Å². The van der Waals surface area contributed by atoms with E-state index in [0.29, 0.717) is 0 Å². The number of hydrogen-bond acceptors (Lipinski definition) is 2. The summed E-state index contributed by atoms with van der Waals surface area (Å²) in [6.45, 7) is 7.65. The summed E-state index contributed by atoms with van der Waals surface area (Å²) in [5.41, 5.74) is 0. The molecule has 3 nitrogen and oxygen atoms in total. The van der Waals surface area contributed by atoms with Gasteiger partial charge < -0.3 is 5.32 Å². The molecule has 1 heterocycles. The zero-order chi connectivity index (χ0) is 9.52. The number of rotatable bonds is 6. The van der Waals surface area contributed by atoms with Gasteiger partial charge in [0.1, 0.15) is 0 Å². The molecule has 0 saturated carbocycles. The van der Waals surface area contributed by atoms with Crippen molar-refractivity contribution in [2.75, 3.05) is 13.1 Å². The molecule has 0 spiro atoms. The van der Waals surface area contributed by atoms with Crippen molar-refractivity contribution in [2.24, 2.45) is 5.92 Å². The highest BCUT2D eigenvalue weighted by atomic mass is 15.3. The molecule has 0 atom stereocenters. The van der Waals surface area contributed by atoms with E-state index in [1.165, 1.54) is 0 Å². The first-order valence-electron chi connectivity index (χ1n) is 4.97. The third kappa shape index (κ3) is 4.68.